The Hall–Kier alpha value is -3.05. The molecule has 0 heterocycles. The van der Waals surface area contributed by atoms with E-state index in [0.717, 1.165) is 42.6 Å². The Morgan fingerprint density at radius 3 is 2.27 bits per heavy atom. The van der Waals surface area contributed by atoms with Crippen molar-refractivity contribution in [2.75, 3.05) is 5.75 Å². The molecule has 1 aliphatic carbocycles. The molecule has 0 unspecified atom stereocenters. The van der Waals surface area contributed by atoms with Gasteiger partial charge in [0.15, 0.2) is 0 Å². The van der Waals surface area contributed by atoms with Gasteiger partial charge < -0.3 is 10.2 Å². The van der Waals surface area contributed by atoms with E-state index in [-0.39, 0.29) is 17.9 Å². The fraction of sp³-hybridized carbons (Fsp3) is 0.375. The second-order valence-electron chi connectivity index (χ2n) is 10.2. The number of rotatable bonds is 11. The van der Waals surface area contributed by atoms with Gasteiger partial charge in [0, 0.05) is 24.8 Å². The predicted molar refractivity (Wildman–Crippen MR) is 153 cm³/mol. The zero-order chi connectivity index (χ0) is 26.0. The highest BCUT2D eigenvalue weighted by atomic mass is 32.2. The maximum Gasteiger partial charge on any atom is 0.243 e. The van der Waals surface area contributed by atoms with Gasteiger partial charge in [-0.05, 0) is 43.4 Å². The summed E-state index contributed by atoms with van der Waals surface area (Å²) < 4.78 is 0. The van der Waals surface area contributed by atoms with Crippen LogP contribution in [0.1, 0.15) is 53.5 Å². The molecule has 194 valence electrons. The van der Waals surface area contributed by atoms with Crippen molar-refractivity contribution in [1.82, 2.24) is 10.2 Å². The van der Waals surface area contributed by atoms with Crippen molar-refractivity contribution in [3.63, 3.8) is 0 Å². The molecule has 0 bridgehead atoms. The van der Waals surface area contributed by atoms with Crippen LogP contribution >= 0.6 is 11.8 Å². The number of aryl methyl sites for hydroxylation is 2. The fourth-order valence-corrected chi connectivity index (χ4v) is 5.81. The lowest BCUT2D eigenvalue weighted by Gasteiger charge is -2.32. The summed E-state index contributed by atoms with van der Waals surface area (Å²) in [6.07, 6.45) is 4.83. The number of carbonyl (C=O) groups is 2. The number of nitrogens with one attached hydrogen (secondary N) is 1. The molecule has 5 heteroatoms. The molecular weight excluding hydrogens is 476 g/mol. The number of carbonyl (C=O) groups excluding carboxylic acids is 2. The van der Waals surface area contributed by atoms with E-state index in [0.29, 0.717) is 18.7 Å². The maximum atomic E-state index is 13.8. The molecule has 2 amide bonds. The molecular formula is C32H38N2O2S. The Kier molecular flexibility index (Phi) is 9.84. The highest BCUT2D eigenvalue weighted by Gasteiger charge is 2.32. The van der Waals surface area contributed by atoms with Crippen LogP contribution in [0.5, 0.6) is 0 Å². The largest absolute Gasteiger partial charge is 0.352 e. The van der Waals surface area contributed by atoms with E-state index in [2.05, 4.69) is 67.7 Å². The van der Waals surface area contributed by atoms with Gasteiger partial charge in [-0.1, -0.05) is 103 Å². The van der Waals surface area contributed by atoms with Crippen LogP contribution in [-0.2, 0) is 28.3 Å². The first-order chi connectivity index (χ1) is 18.0. The van der Waals surface area contributed by atoms with E-state index in [1.165, 1.54) is 16.7 Å². The van der Waals surface area contributed by atoms with E-state index in [4.69, 9.17) is 0 Å². The number of amides is 2. The third kappa shape index (κ3) is 8.22. The number of benzene rings is 3. The monoisotopic (exact) mass is 514 g/mol. The third-order valence-corrected chi connectivity index (χ3v) is 8.01. The van der Waals surface area contributed by atoms with Crippen LogP contribution in [0.25, 0.3) is 0 Å². The van der Waals surface area contributed by atoms with Gasteiger partial charge in [0.1, 0.15) is 6.04 Å². The van der Waals surface area contributed by atoms with Crippen LogP contribution in [-0.4, -0.2) is 34.6 Å². The highest BCUT2D eigenvalue weighted by molar-refractivity contribution is 7.99. The Morgan fingerprint density at radius 1 is 0.865 bits per heavy atom. The van der Waals surface area contributed by atoms with Crippen molar-refractivity contribution in [3.8, 4) is 0 Å². The Labute approximate surface area is 225 Å². The van der Waals surface area contributed by atoms with Crippen LogP contribution in [0.4, 0.5) is 0 Å². The second-order valence-corrected chi connectivity index (χ2v) is 11.2. The lowest BCUT2D eigenvalue weighted by molar-refractivity contribution is -0.139. The lowest BCUT2D eigenvalue weighted by atomic mass is 10.0. The minimum atomic E-state index is -0.559. The molecule has 1 saturated carbocycles. The fourth-order valence-electron chi connectivity index (χ4n) is 4.95. The van der Waals surface area contributed by atoms with Crippen molar-refractivity contribution in [1.29, 1.82) is 0 Å². The van der Waals surface area contributed by atoms with Crippen molar-refractivity contribution in [2.24, 2.45) is 0 Å². The molecule has 37 heavy (non-hydrogen) atoms. The van der Waals surface area contributed by atoms with Crippen molar-refractivity contribution in [3.05, 3.63) is 107 Å². The summed E-state index contributed by atoms with van der Waals surface area (Å²) in [5, 5.41) is 3.28. The molecule has 0 saturated heterocycles. The van der Waals surface area contributed by atoms with Crippen molar-refractivity contribution in [2.45, 2.75) is 70.3 Å². The molecule has 0 radical (unpaired) electrons. The number of nitrogens with zero attached hydrogens (tertiary/aromatic N) is 1. The van der Waals surface area contributed by atoms with Crippen LogP contribution in [0.15, 0.2) is 78.9 Å². The quantitative estimate of drug-likeness (QED) is 0.330. The molecule has 4 nitrogen and oxygen atoms in total. The van der Waals surface area contributed by atoms with Crippen molar-refractivity contribution < 1.29 is 9.59 Å². The van der Waals surface area contributed by atoms with Gasteiger partial charge >= 0.3 is 0 Å². The lowest BCUT2D eigenvalue weighted by Crippen LogP contribution is -2.52. The summed E-state index contributed by atoms with van der Waals surface area (Å²) in [4.78, 5) is 29.3. The van der Waals surface area contributed by atoms with E-state index < -0.39 is 6.04 Å². The van der Waals surface area contributed by atoms with Crippen LogP contribution in [0.3, 0.4) is 0 Å². The molecule has 0 spiro atoms. The standard InChI is InChI=1S/C32H38N2O2S/c1-24-15-17-27(18-16-24)21-34(31(35)23-37-22-28-12-8-9-25(2)19-28)30(20-26-10-4-3-5-11-26)32(36)33-29-13-6-7-14-29/h3-5,8-12,15-19,29-30H,6-7,13-14,20-23H2,1-2H3,(H,33,36)/t30-/m0/s1. The van der Waals surface area contributed by atoms with E-state index >= 15 is 0 Å². The summed E-state index contributed by atoms with van der Waals surface area (Å²) in [6.45, 7) is 4.56. The summed E-state index contributed by atoms with van der Waals surface area (Å²) in [5.41, 5.74) is 5.70. The third-order valence-electron chi connectivity index (χ3n) is 7.02. The van der Waals surface area contributed by atoms with Gasteiger partial charge in [-0.25, -0.2) is 0 Å². The van der Waals surface area contributed by atoms with Crippen LogP contribution < -0.4 is 5.32 Å². The zero-order valence-electron chi connectivity index (χ0n) is 22.0. The van der Waals surface area contributed by atoms with Crippen LogP contribution in [0, 0.1) is 13.8 Å². The number of hydrogen-bond acceptors (Lipinski definition) is 3. The van der Waals surface area contributed by atoms with E-state index in [1.54, 1.807) is 11.8 Å². The summed E-state index contributed by atoms with van der Waals surface area (Å²) in [7, 11) is 0. The van der Waals surface area contributed by atoms with Gasteiger partial charge in [0.25, 0.3) is 0 Å². The Balaban J connectivity index is 1.56. The predicted octanol–water partition coefficient (Wildman–Crippen LogP) is 6.24. The molecule has 1 atom stereocenters. The average molecular weight is 515 g/mol. The minimum Gasteiger partial charge on any atom is -0.352 e. The second kappa shape index (κ2) is 13.5. The van der Waals surface area contributed by atoms with Gasteiger partial charge in [0.2, 0.25) is 11.8 Å². The minimum absolute atomic E-state index is 0.000677. The van der Waals surface area contributed by atoms with E-state index in [1.807, 2.05) is 35.2 Å². The van der Waals surface area contributed by atoms with Crippen molar-refractivity contribution >= 4 is 23.6 Å². The molecule has 1 aliphatic rings. The summed E-state index contributed by atoms with van der Waals surface area (Å²) >= 11 is 1.61. The Morgan fingerprint density at radius 2 is 1.57 bits per heavy atom. The molecule has 4 rings (SSSR count). The number of hydrogen-bond donors (Lipinski definition) is 1. The first-order valence-corrected chi connectivity index (χ1v) is 14.5. The van der Waals surface area contributed by atoms with Gasteiger partial charge in [-0.15, -0.1) is 11.8 Å². The highest BCUT2D eigenvalue weighted by Crippen LogP contribution is 2.21. The first-order valence-electron chi connectivity index (χ1n) is 13.3. The summed E-state index contributed by atoms with van der Waals surface area (Å²) in [6, 6.07) is 26.3. The van der Waals surface area contributed by atoms with Gasteiger partial charge in [-0.3, -0.25) is 9.59 Å². The number of thioether (sulfide) groups is 1. The molecule has 0 aromatic heterocycles. The van der Waals surface area contributed by atoms with Crippen LogP contribution in [0.2, 0.25) is 0 Å². The smallest absolute Gasteiger partial charge is 0.243 e. The summed E-state index contributed by atoms with van der Waals surface area (Å²) in [5.74, 6) is 1.06. The van der Waals surface area contributed by atoms with E-state index in [9.17, 15) is 9.59 Å². The average Bonchev–Trinajstić information content (AvgIpc) is 3.41. The van der Waals surface area contributed by atoms with Gasteiger partial charge in [-0.2, -0.15) is 0 Å². The Bertz CT molecular complexity index is 1160. The molecule has 3 aromatic carbocycles. The maximum absolute atomic E-state index is 13.8. The molecule has 3 aromatic rings. The molecule has 1 fully saturated rings. The zero-order valence-corrected chi connectivity index (χ0v) is 22.8. The first kappa shape index (κ1) is 27.0. The molecule has 1 N–H and O–H groups in total. The SMILES string of the molecule is Cc1ccc(CN(C(=O)CSCc2cccc(C)c2)[C@@H](Cc2ccccc2)C(=O)NC2CCCC2)cc1. The normalized spacial score (nSPS) is 14.3. The topological polar surface area (TPSA) is 49.4 Å². The van der Waals surface area contributed by atoms with Gasteiger partial charge in [0.05, 0.1) is 5.75 Å². The molecule has 0 aliphatic heterocycles.